The lowest BCUT2D eigenvalue weighted by Gasteiger charge is -2.24. The number of hydrogen-bond donors (Lipinski definition) is 2. The maximum Gasteiger partial charge on any atom is 0.216 e. The Morgan fingerprint density at radius 2 is 2.21 bits per heavy atom. The van der Waals surface area contributed by atoms with Crippen LogP contribution in [0.5, 0.6) is 11.5 Å². The number of likely N-dealkylation sites (N-methyl/N-ethyl adjacent to an activating group) is 1. The van der Waals surface area contributed by atoms with Crippen LogP contribution < -0.4 is 14.8 Å². The number of carbonyl (C=O) groups excluding carboxylic acids is 1. The zero-order valence-corrected chi connectivity index (χ0v) is 18.5. The van der Waals surface area contributed by atoms with Crippen molar-refractivity contribution in [3.05, 3.63) is 65.9 Å². The number of benzene rings is 2. The molecule has 0 spiro atoms. The molecule has 2 N–H and O–H groups in total. The maximum absolute atomic E-state index is 14.1. The second-order valence-corrected chi connectivity index (χ2v) is 8.22. The van der Waals surface area contributed by atoms with E-state index in [4.69, 9.17) is 9.47 Å². The third-order valence-corrected chi connectivity index (χ3v) is 6.20. The smallest absolute Gasteiger partial charge is 0.216 e. The molecular weight excluding hydrogens is 423 g/mol. The Hall–Kier alpha value is -3.65. The van der Waals surface area contributed by atoms with Gasteiger partial charge in [-0.2, -0.15) is 9.49 Å². The van der Waals surface area contributed by atoms with Crippen molar-refractivity contribution in [1.29, 1.82) is 0 Å². The van der Waals surface area contributed by atoms with Gasteiger partial charge >= 0.3 is 0 Å². The quantitative estimate of drug-likeness (QED) is 0.420. The van der Waals surface area contributed by atoms with E-state index in [9.17, 15) is 9.18 Å². The summed E-state index contributed by atoms with van der Waals surface area (Å²) >= 11 is 0. The second kappa shape index (κ2) is 8.71. The Labute approximate surface area is 190 Å². The number of aromatic nitrogens is 3. The van der Waals surface area contributed by atoms with E-state index in [1.807, 2.05) is 54.2 Å². The third-order valence-electron chi connectivity index (χ3n) is 6.20. The fourth-order valence-corrected chi connectivity index (χ4v) is 4.43. The highest BCUT2D eigenvalue weighted by Crippen LogP contribution is 2.34. The van der Waals surface area contributed by atoms with E-state index >= 15 is 0 Å². The van der Waals surface area contributed by atoms with E-state index < -0.39 is 5.95 Å². The summed E-state index contributed by atoms with van der Waals surface area (Å²) in [5.74, 6) is 0.807. The Morgan fingerprint density at radius 3 is 2.97 bits per heavy atom. The molecule has 170 valence electrons. The highest BCUT2D eigenvalue weighted by molar-refractivity contribution is 6.10. The van der Waals surface area contributed by atoms with Crippen LogP contribution in [0.15, 0.2) is 48.8 Å². The molecule has 1 unspecified atom stereocenters. The zero-order chi connectivity index (χ0) is 22.9. The number of carbonyl (C=O) groups is 1. The van der Waals surface area contributed by atoms with E-state index in [0.29, 0.717) is 36.3 Å². The first-order valence-electron chi connectivity index (χ1n) is 10.9. The van der Waals surface area contributed by atoms with E-state index in [0.717, 1.165) is 34.5 Å². The van der Waals surface area contributed by atoms with Crippen molar-refractivity contribution in [2.24, 2.45) is 5.92 Å². The first kappa shape index (κ1) is 21.2. The third kappa shape index (κ3) is 3.87. The maximum atomic E-state index is 14.1. The fourth-order valence-electron chi connectivity index (χ4n) is 4.43. The number of nitrogens with one attached hydrogen (secondary N) is 2. The van der Waals surface area contributed by atoms with E-state index in [2.05, 4.69) is 15.5 Å². The molecule has 7 nitrogen and oxygen atoms in total. The molecule has 3 heterocycles. The molecule has 2 aromatic heterocycles. The summed E-state index contributed by atoms with van der Waals surface area (Å²) in [6.07, 6.45) is 3.96. The zero-order valence-electron chi connectivity index (χ0n) is 18.5. The number of methoxy groups -OCH3 is 1. The van der Waals surface area contributed by atoms with Crippen LogP contribution in [-0.2, 0) is 13.0 Å². The Bertz CT molecular complexity index is 1330. The molecule has 1 aliphatic heterocycles. The highest BCUT2D eigenvalue weighted by atomic mass is 19.1. The molecule has 0 amide bonds. The average molecular weight is 448 g/mol. The first-order valence-corrected chi connectivity index (χ1v) is 10.9. The van der Waals surface area contributed by atoms with Gasteiger partial charge in [0.1, 0.15) is 11.5 Å². The molecule has 1 atom stereocenters. The van der Waals surface area contributed by atoms with Crippen LogP contribution in [0.1, 0.15) is 15.9 Å². The fraction of sp³-hybridized carbons (Fsp3) is 0.280. The largest absolute Gasteiger partial charge is 0.497 e. The number of Topliss-reactive ketones (excluding diaryl/α,β-unsaturated/α-hetero) is 1. The van der Waals surface area contributed by atoms with Crippen molar-refractivity contribution in [3.8, 4) is 22.6 Å². The molecule has 0 aliphatic carbocycles. The number of ether oxygens (including phenoxy) is 2. The number of H-pyrrole nitrogens is 1. The van der Waals surface area contributed by atoms with Crippen LogP contribution in [0.25, 0.3) is 22.0 Å². The van der Waals surface area contributed by atoms with Gasteiger partial charge < -0.3 is 19.4 Å². The average Bonchev–Trinajstić information content (AvgIpc) is 3.44. The number of ketones is 1. The summed E-state index contributed by atoms with van der Waals surface area (Å²) in [4.78, 5) is 13.6. The van der Waals surface area contributed by atoms with Gasteiger partial charge in [0.15, 0.2) is 5.78 Å². The van der Waals surface area contributed by atoms with E-state index in [1.165, 1.54) is 6.20 Å². The summed E-state index contributed by atoms with van der Waals surface area (Å²) < 4.78 is 27.3. The van der Waals surface area contributed by atoms with Crippen molar-refractivity contribution in [2.45, 2.75) is 13.0 Å². The lowest BCUT2D eigenvalue weighted by Crippen LogP contribution is -2.28. The van der Waals surface area contributed by atoms with Crippen molar-refractivity contribution in [2.75, 3.05) is 27.3 Å². The minimum Gasteiger partial charge on any atom is -0.497 e. The number of nitrogens with zero attached hydrogens (tertiary/aromatic N) is 2. The molecular formula is C25H25FN4O3. The number of aromatic amines is 1. The van der Waals surface area contributed by atoms with Crippen LogP contribution in [0.4, 0.5) is 4.39 Å². The van der Waals surface area contributed by atoms with Crippen LogP contribution in [0.2, 0.25) is 0 Å². The summed E-state index contributed by atoms with van der Waals surface area (Å²) in [5.41, 5.74) is 3.61. The van der Waals surface area contributed by atoms with Crippen LogP contribution in [-0.4, -0.2) is 47.9 Å². The predicted octanol–water partition coefficient (Wildman–Crippen LogP) is 3.83. The molecule has 5 rings (SSSR count). The molecule has 0 fully saturated rings. The minimum absolute atomic E-state index is 0.0407. The molecule has 8 heteroatoms. The molecule has 1 aliphatic rings. The monoisotopic (exact) mass is 448 g/mol. The van der Waals surface area contributed by atoms with Crippen LogP contribution in [0.3, 0.4) is 0 Å². The van der Waals surface area contributed by atoms with Crippen LogP contribution in [0, 0.1) is 11.9 Å². The molecule has 2 aromatic carbocycles. The van der Waals surface area contributed by atoms with E-state index in [1.54, 1.807) is 7.11 Å². The van der Waals surface area contributed by atoms with Crippen molar-refractivity contribution >= 4 is 16.7 Å². The molecule has 0 saturated heterocycles. The van der Waals surface area contributed by atoms with Gasteiger partial charge in [-0.15, -0.1) is 0 Å². The topological polar surface area (TPSA) is 81.2 Å². The summed E-state index contributed by atoms with van der Waals surface area (Å²) in [5, 5.41) is 10.1. The van der Waals surface area contributed by atoms with Crippen molar-refractivity contribution in [3.63, 3.8) is 0 Å². The predicted molar refractivity (Wildman–Crippen MR) is 123 cm³/mol. The van der Waals surface area contributed by atoms with Gasteiger partial charge in [0.05, 0.1) is 31.4 Å². The van der Waals surface area contributed by atoms with Gasteiger partial charge in [-0.25, -0.2) is 0 Å². The Morgan fingerprint density at radius 1 is 1.33 bits per heavy atom. The molecule has 33 heavy (non-hydrogen) atoms. The van der Waals surface area contributed by atoms with Crippen LogP contribution >= 0.6 is 0 Å². The van der Waals surface area contributed by atoms with Crippen molar-refractivity contribution in [1.82, 2.24) is 20.1 Å². The normalized spacial score (nSPS) is 15.3. The molecule has 0 radical (unpaired) electrons. The molecule has 4 aromatic rings. The van der Waals surface area contributed by atoms with Gasteiger partial charge in [-0.05, 0) is 48.9 Å². The number of rotatable bonds is 7. The summed E-state index contributed by atoms with van der Waals surface area (Å²) in [7, 11) is 3.51. The van der Waals surface area contributed by atoms with Gasteiger partial charge in [0.25, 0.3) is 0 Å². The lowest BCUT2D eigenvalue weighted by molar-refractivity contribution is 0.0856. The van der Waals surface area contributed by atoms with Gasteiger partial charge in [-0.3, -0.25) is 9.89 Å². The Balaban J connectivity index is 1.52. The highest BCUT2D eigenvalue weighted by Gasteiger charge is 2.29. The standard InChI is InChI=1S/C25H25FN4O3/c1-27-7-8-30-13-21(19-5-3-15(11-22(19)30)20-12-28-29-25(20)26)24(31)17-9-16-10-18(32-2)4-6-23(16)33-14-17/h3-6,10-13,17,27H,7-9,14H2,1-2H3,(H,28,29). The number of hydrogen-bond acceptors (Lipinski definition) is 5. The second-order valence-electron chi connectivity index (χ2n) is 8.22. The van der Waals surface area contributed by atoms with Crippen molar-refractivity contribution < 1.29 is 18.7 Å². The summed E-state index contributed by atoms with van der Waals surface area (Å²) in [6.45, 7) is 1.75. The van der Waals surface area contributed by atoms with Gasteiger partial charge in [-0.1, -0.05) is 12.1 Å². The SMILES string of the molecule is CNCCn1cc(C(=O)C2COc3ccc(OC)cc3C2)c2ccc(-c3cn[nH]c3F)cc21. The number of fused-ring (bicyclic) bond motifs is 2. The summed E-state index contributed by atoms with van der Waals surface area (Å²) in [6, 6.07) is 11.3. The number of halogens is 1. The minimum atomic E-state index is -0.479. The lowest BCUT2D eigenvalue weighted by atomic mass is 9.89. The van der Waals surface area contributed by atoms with Gasteiger partial charge in [0.2, 0.25) is 5.95 Å². The Kier molecular flexibility index (Phi) is 5.60. The van der Waals surface area contributed by atoms with E-state index in [-0.39, 0.29) is 11.7 Å². The first-order chi connectivity index (χ1) is 16.1. The molecule has 0 bridgehead atoms. The van der Waals surface area contributed by atoms with Gasteiger partial charge in [0, 0.05) is 35.8 Å². The molecule has 0 saturated carbocycles.